The van der Waals surface area contributed by atoms with Crippen molar-refractivity contribution in [3.05, 3.63) is 59.6 Å². The molecule has 4 rings (SSSR count). The highest BCUT2D eigenvalue weighted by molar-refractivity contribution is 7.15. The molecule has 0 fully saturated rings. The van der Waals surface area contributed by atoms with Gasteiger partial charge in [0.25, 0.3) is 0 Å². The number of rotatable bonds is 5. The Bertz CT molecular complexity index is 1140. The molecular weight excluding hydrogens is 364 g/mol. The maximum Gasteiger partial charge on any atom is 0.358 e. The Kier molecular flexibility index (Phi) is 4.35. The lowest BCUT2D eigenvalue weighted by Gasteiger charge is -2.06. The number of fused-ring (bicyclic) bond motifs is 1. The molecular formula is C18H14N6O2S. The van der Waals surface area contributed by atoms with Crippen LogP contribution in [0.2, 0.25) is 0 Å². The van der Waals surface area contributed by atoms with E-state index in [-0.39, 0.29) is 11.5 Å². The van der Waals surface area contributed by atoms with Crippen molar-refractivity contribution in [2.75, 3.05) is 11.1 Å². The summed E-state index contributed by atoms with van der Waals surface area (Å²) in [6, 6.07) is 9.87. The van der Waals surface area contributed by atoms with Crippen LogP contribution in [0.15, 0.2) is 49.1 Å². The molecule has 3 heterocycles. The molecule has 0 spiro atoms. The third kappa shape index (κ3) is 3.40. The van der Waals surface area contributed by atoms with Crippen LogP contribution in [0.3, 0.4) is 0 Å². The summed E-state index contributed by atoms with van der Waals surface area (Å²) in [5.74, 6) is -0.423. The standard InChI is InChI=1S/C18H14N6O2S/c19-16-12-7-10(1-3-13(12)23-9-24-16)14-4-2-11(27-14)8-22-17-15(18(25)26)20-5-6-21-17/h1-7,9H,8H2,(H,21,22)(H,25,26)(H2,19,23,24). The number of hydrogen-bond donors (Lipinski definition) is 3. The molecule has 1 aromatic carbocycles. The van der Waals surface area contributed by atoms with E-state index in [2.05, 4.69) is 25.3 Å². The summed E-state index contributed by atoms with van der Waals surface area (Å²) in [7, 11) is 0. The Balaban J connectivity index is 1.56. The van der Waals surface area contributed by atoms with Crippen LogP contribution in [0, 0.1) is 0 Å². The third-order valence-corrected chi connectivity index (χ3v) is 5.08. The van der Waals surface area contributed by atoms with Crippen LogP contribution in [-0.4, -0.2) is 31.0 Å². The number of aromatic nitrogens is 4. The minimum atomic E-state index is -1.12. The summed E-state index contributed by atoms with van der Waals surface area (Å²) in [6.45, 7) is 0.447. The highest BCUT2D eigenvalue weighted by Gasteiger charge is 2.13. The number of carboxylic acid groups (broad SMARTS) is 1. The molecule has 0 radical (unpaired) electrons. The predicted molar refractivity (Wildman–Crippen MR) is 104 cm³/mol. The fraction of sp³-hybridized carbons (Fsp3) is 0.0556. The quantitative estimate of drug-likeness (QED) is 0.483. The fourth-order valence-corrected chi connectivity index (χ4v) is 3.60. The van der Waals surface area contributed by atoms with Crippen LogP contribution in [0.25, 0.3) is 21.3 Å². The zero-order valence-electron chi connectivity index (χ0n) is 14.0. The lowest BCUT2D eigenvalue weighted by molar-refractivity contribution is 0.0691. The Morgan fingerprint density at radius 2 is 1.96 bits per heavy atom. The molecule has 3 aromatic heterocycles. The molecule has 0 aliphatic carbocycles. The van der Waals surface area contributed by atoms with Crippen molar-refractivity contribution in [3.8, 4) is 10.4 Å². The van der Waals surface area contributed by atoms with Crippen molar-refractivity contribution in [1.82, 2.24) is 19.9 Å². The summed E-state index contributed by atoms with van der Waals surface area (Å²) in [4.78, 5) is 29.4. The minimum absolute atomic E-state index is 0.0979. The molecule has 8 nitrogen and oxygen atoms in total. The first kappa shape index (κ1) is 16.9. The Hall–Kier alpha value is -3.59. The molecule has 0 aliphatic heterocycles. The van der Waals surface area contributed by atoms with Crippen LogP contribution in [0.4, 0.5) is 11.6 Å². The number of nitrogens with one attached hydrogen (secondary N) is 1. The number of nitrogens with zero attached hydrogens (tertiary/aromatic N) is 4. The van der Waals surface area contributed by atoms with E-state index in [0.29, 0.717) is 12.4 Å². The van der Waals surface area contributed by atoms with Gasteiger partial charge < -0.3 is 16.2 Å². The normalized spacial score (nSPS) is 10.8. The fourth-order valence-electron chi connectivity index (χ4n) is 2.65. The highest BCUT2D eigenvalue weighted by Crippen LogP contribution is 2.31. The number of thiophene rings is 1. The van der Waals surface area contributed by atoms with E-state index in [4.69, 9.17) is 10.8 Å². The van der Waals surface area contributed by atoms with Crippen molar-refractivity contribution in [1.29, 1.82) is 0 Å². The third-order valence-electron chi connectivity index (χ3n) is 3.94. The second kappa shape index (κ2) is 6.96. The van der Waals surface area contributed by atoms with Crippen molar-refractivity contribution in [3.63, 3.8) is 0 Å². The molecule has 0 saturated carbocycles. The topological polar surface area (TPSA) is 127 Å². The molecule has 27 heavy (non-hydrogen) atoms. The highest BCUT2D eigenvalue weighted by atomic mass is 32.1. The molecule has 134 valence electrons. The number of carboxylic acids is 1. The largest absolute Gasteiger partial charge is 0.476 e. The number of benzene rings is 1. The molecule has 0 atom stereocenters. The lowest BCUT2D eigenvalue weighted by atomic mass is 10.1. The Morgan fingerprint density at radius 1 is 1.11 bits per heavy atom. The zero-order valence-corrected chi connectivity index (χ0v) is 14.8. The van der Waals surface area contributed by atoms with Gasteiger partial charge in [-0.25, -0.2) is 24.7 Å². The van der Waals surface area contributed by atoms with Gasteiger partial charge in [0.15, 0.2) is 11.5 Å². The first-order valence-electron chi connectivity index (χ1n) is 7.99. The summed E-state index contributed by atoms with van der Waals surface area (Å²) in [5, 5.41) is 13.0. The number of carbonyl (C=O) groups is 1. The lowest BCUT2D eigenvalue weighted by Crippen LogP contribution is -2.09. The number of aromatic carboxylic acids is 1. The van der Waals surface area contributed by atoms with Gasteiger partial charge in [-0.15, -0.1) is 11.3 Å². The monoisotopic (exact) mass is 378 g/mol. The Labute approximate surface area is 157 Å². The molecule has 0 saturated heterocycles. The average molecular weight is 378 g/mol. The summed E-state index contributed by atoms with van der Waals surface area (Å²) in [6.07, 6.45) is 4.26. The Morgan fingerprint density at radius 3 is 2.81 bits per heavy atom. The van der Waals surface area contributed by atoms with Crippen molar-refractivity contribution >= 4 is 39.8 Å². The zero-order chi connectivity index (χ0) is 18.8. The van der Waals surface area contributed by atoms with Crippen LogP contribution in [0.5, 0.6) is 0 Å². The first-order chi connectivity index (χ1) is 13.1. The number of hydrogen-bond acceptors (Lipinski definition) is 8. The molecule has 0 amide bonds. The minimum Gasteiger partial charge on any atom is -0.476 e. The molecule has 0 unspecified atom stereocenters. The van der Waals surface area contributed by atoms with E-state index >= 15 is 0 Å². The maximum atomic E-state index is 11.2. The van der Waals surface area contributed by atoms with Gasteiger partial charge in [0, 0.05) is 27.5 Å². The number of anilines is 2. The molecule has 4 N–H and O–H groups in total. The van der Waals surface area contributed by atoms with E-state index < -0.39 is 5.97 Å². The average Bonchev–Trinajstić information content (AvgIpc) is 3.16. The van der Waals surface area contributed by atoms with Gasteiger partial charge in [-0.05, 0) is 29.8 Å². The smallest absolute Gasteiger partial charge is 0.358 e. The summed E-state index contributed by atoms with van der Waals surface area (Å²) in [5.41, 5.74) is 7.66. The van der Waals surface area contributed by atoms with Crippen LogP contribution in [0.1, 0.15) is 15.4 Å². The summed E-state index contributed by atoms with van der Waals surface area (Å²) < 4.78 is 0. The number of nitrogen functional groups attached to an aromatic ring is 1. The molecule has 9 heteroatoms. The molecule has 4 aromatic rings. The van der Waals surface area contributed by atoms with Gasteiger partial charge in [-0.1, -0.05) is 6.07 Å². The van der Waals surface area contributed by atoms with E-state index in [1.807, 2.05) is 30.3 Å². The maximum absolute atomic E-state index is 11.2. The second-order valence-electron chi connectivity index (χ2n) is 5.67. The van der Waals surface area contributed by atoms with Gasteiger partial charge in [0.05, 0.1) is 12.1 Å². The predicted octanol–water partition coefficient (Wildman–Crippen LogP) is 3.04. The van der Waals surface area contributed by atoms with Gasteiger partial charge in [-0.2, -0.15) is 0 Å². The molecule has 0 bridgehead atoms. The van der Waals surface area contributed by atoms with Crippen LogP contribution < -0.4 is 11.1 Å². The van der Waals surface area contributed by atoms with Gasteiger partial charge in [0.2, 0.25) is 0 Å². The van der Waals surface area contributed by atoms with Crippen LogP contribution >= 0.6 is 11.3 Å². The summed E-state index contributed by atoms with van der Waals surface area (Å²) >= 11 is 1.59. The number of nitrogens with two attached hydrogens (primary N) is 1. The van der Waals surface area contributed by atoms with E-state index in [1.165, 1.54) is 18.7 Å². The van der Waals surface area contributed by atoms with Crippen molar-refractivity contribution in [2.24, 2.45) is 0 Å². The van der Waals surface area contributed by atoms with Gasteiger partial charge in [-0.3, -0.25) is 0 Å². The second-order valence-corrected chi connectivity index (χ2v) is 6.84. The first-order valence-corrected chi connectivity index (χ1v) is 8.81. The SMILES string of the molecule is Nc1ncnc2ccc(-c3ccc(CNc4nccnc4C(=O)O)s3)cc12. The van der Waals surface area contributed by atoms with E-state index in [9.17, 15) is 4.79 Å². The van der Waals surface area contributed by atoms with Gasteiger partial charge in [0.1, 0.15) is 12.1 Å². The van der Waals surface area contributed by atoms with Crippen molar-refractivity contribution < 1.29 is 9.90 Å². The van der Waals surface area contributed by atoms with E-state index in [1.54, 1.807) is 11.3 Å². The van der Waals surface area contributed by atoms with Crippen molar-refractivity contribution in [2.45, 2.75) is 6.54 Å². The van der Waals surface area contributed by atoms with Crippen LogP contribution in [-0.2, 0) is 6.54 Å². The van der Waals surface area contributed by atoms with Gasteiger partial charge >= 0.3 is 5.97 Å². The van der Waals surface area contributed by atoms with E-state index in [0.717, 1.165) is 26.2 Å². The molecule has 0 aliphatic rings.